The van der Waals surface area contributed by atoms with Crippen molar-refractivity contribution in [3.05, 3.63) is 35.8 Å². The van der Waals surface area contributed by atoms with E-state index in [1.165, 1.54) is 0 Å². The predicted octanol–water partition coefficient (Wildman–Crippen LogP) is 2.49. The standard InChI is InChI=1S/C13H8F6N2O4/c1-7(4-20)9(22)24-5-11(14,15)13(18,19)12(16,17)6-25-10(23)8(2)21-3/h1-2,5-6H2. The third-order valence-electron chi connectivity index (χ3n) is 2.44. The summed E-state index contributed by atoms with van der Waals surface area (Å²) in [5.41, 5.74) is -2.05. The van der Waals surface area contributed by atoms with Crippen LogP contribution in [0.3, 0.4) is 0 Å². The Bertz CT molecular complexity index is 619. The smallest absolute Gasteiger partial charge is 0.378 e. The topological polar surface area (TPSA) is 80.8 Å². The Labute approximate surface area is 136 Å². The highest BCUT2D eigenvalue weighted by Crippen LogP contribution is 2.46. The number of halogens is 6. The number of carbonyl (C=O) groups excluding carboxylic acids is 2. The number of esters is 2. The van der Waals surface area contributed by atoms with E-state index in [4.69, 9.17) is 11.8 Å². The summed E-state index contributed by atoms with van der Waals surface area (Å²) in [7, 11) is 0. The largest absolute Gasteiger partial charge is 0.464 e. The van der Waals surface area contributed by atoms with E-state index in [2.05, 4.69) is 27.5 Å². The van der Waals surface area contributed by atoms with Crippen LogP contribution >= 0.6 is 0 Å². The van der Waals surface area contributed by atoms with Crippen LogP contribution in [-0.2, 0) is 19.1 Å². The average Bonchev–Trinajstić information content (AvgIpc) is 2.55. The van der Waals surface area contributed by atoms with Gasteiger partial charge in [-0.25, -0.2) is 9.64 Å². The molecule has 0 unspecified atom stereocenters. The summed E-state index contributed by atoms with van der Waals surface area (Å²) in [5, 5.41) is 8.23. The summed E-state index contributed by atoms with van der Waals surface area (Å²) in [6.45, 7) is 6.87. The van der Waals surface area contributed by atoms with Crippen LogP contribution < -0.4 is 0 Å². The van der Waals surface area contributed by atoms with Gasteiger partial charge in [0.25, 0.3) is 5.70 Å². The number of hydrogen-bond acceptors (Lipinski definition) is 5. The SMILES string of the molecule is [C-]#[N+]C(=C)C(=O)OCC(F)(F)C(F)(F)C(F)(F)COC(=O)C(=C)C#N. The molecule has 0 atom stereocenters. The van der Waals surface area contributed by atoms with E-state index < -0.39 is 54.2 Å². The fraction of sp³-hybridized carbons (Fsp3) is 0.385. The molecule has 0 saturated carbocycles. The van der Waals surface area contributed by atoms with E-state index >= 15 is 0 Å². The molecular weight excluding hydrogens is 362 g/mol. The molecule has 0 heterocycles. The first-order valence-electron chi connectivity index (χ1n) is 5.86. The maximum Gasteiger partial charge on any atom is 0.378 e. The van der Waals surface area contributed by atoms with Gasteiger partial charge in [0.05, 0.1) is 6.57 Å². The summed E-state index contributed by atoms with van der Waals surface area (Å²) in [6.07, 6.45) is 0. The minimum atomic E-state index is -6.10. The van der Waals surface area contributed by atoms with E-state index in [-0.39, 0.29) is 0 Å². The average molecular weight is 370 g/mol. The highest BCUT2D eigenvalue weighted by atomic mass is 19.3. The van der Waals surface area contributed by atoms with Crippen LogP contribution in [0.1, 0.15) is 0 Å². The molecule has 0 aromatic carbocycles. The molecule has 0 amide bonds. The van der Waals surface area contributed by atoms with Crippen LogP contribution in [0.5, 0.6) is 0 Å². The second kappa shape index (κ2) is 7.70. The van der Waals surface area contributed by atoms with Crippen molar-refractivity contribution in [3.8, 4) is 6.07 Å². The van der Waals surface area contributed by atoms with Crippen molar-refractivity contribution in [1.29, 1.82) is 5.26 Å². The summed E-state index contributed by atoms with van der Waals surface area (Å²) >= 11 is 0. The van der Waals surface area contributed by atoms with Crippen molar-refractivity contribution >= 4 is 11.9 Å². The number of hydrogen-bond donors (Lipinski definition) is 0. The van der Waals surface area contributed by atoms with Crippen molar-refractivity contribution in [2.75, 3.05) is 13.2 Å². The fourth-order valence-electron chi connectivity index (χ4n) is 1.02. The van der Waals surface area contributed by atoms with Gasteiger partial charge in [0.15, 0.2) is 13.2 Å². The van der Waals surface area contributed by atoms with E-state index in [1.54, 1.807) is 0 Å². The zero-order valence-electron chi connectivity index (χ0n) is 12.1. The van der Waals surface area contributed by atoms with Gasteiger partial charge in [0.2, 0.25) is 0 Å². The third kappa shape index (κ3) is 4.97. The van der Waals surface area contributed by atoms with Gasteiger partial charge >= 0.3 is 29.7 Å². The third-order valence-corrected chi connectivity index (χ3v) is 2.44. The number of carbonyl (C=O) groups is 2. The second-order valence-electron chi connectivity index (χ2n) is 4.28. The quantitative estimate of drug-likeness (QED) is 0.216. The fourth-order valence-corrected chi connectivity index (χ4v) is 1.02. The Morgan fingerprint density at radius 3 is 1.76 bits per heavy atom. The molecule has 0 radical (unpaired) electrons. The van der Waals surface area contributed by atoms with Crippen LogP contribution in [0, 0.1) is 17.9 Å². The Morgan fingerprint density at radius 2 is 1.40 bits per heavy atom. The Hall–Kier alpha value is -3.02. The molecule has 12 heteroatoms. The van der Waals surface area contributed by atoms with Gasteiger partial charge in [-0.3, -0.25) is 4.79 Å². The van der Waals surface area contributed by atoms with Crippen molar-refractivity contribution in [2.45, 2.75) is 17.8 Å². The number of nitriles is 1. The lowest BCUT2D eigenvalue weighted by Gasteiger charge is -2.31. The Kier molecular flexibility index (Phi) is 6.77. The molecule has 0 saturated heterocycles. The van der Waals surface area contributed by atoms with Crippen LogP contribution in [0.4, 0.5) is 26.3 Å². The summed E-state index contributed by atoms with van der Waals surface area (Å²) in [6, 6.07) is 1.08. The van der Waals surface area contributed by atoms with Crippen LogP contribution in [0.15, 0.2) is 24.4 Å². The molecule has 0 rings (SSSR count). The number of alkyl halides is 6. The van der Waals surface area contributed by atoms with Gasteiger partial charge in [-0.2, -0.15) is 31.6 Å². The van der Waals surface area contributed by atoms with Crippen LogP contribution in [0.2, 0.25) is 0 Å². The summed E-state index contributed by atoms with van der Waals surface area (Å²) < 4.78 is 87.5. The van der Waals surface area contributed by atoms with Crippen molar-refractivity contribution in [1.82, 2.24) is 0 Å². The molecule has 0 aromatic heterocycles. The summed E-state index contributed by atoms with van der Waals surface area (Å²) in [4.78, 5) is 24.2. The van der Waals surface area contributed by atoms with Crippen molar-refractivity contribution in [2.24, 2.45) is 0 Å². The predicted molar refractivity (Wildman–Crippen MR) is 67.3 cm³/mol. The van der Waals surface area contributed by atoms with Gasteiger partial charge in [0, 0.05) is 0 Å². The van der Waals surface area contributed by atoms with Gasteiger partial charge in [-0.05, 0) is 0 Å². The lowest BCUT2D eigenvalue weighted by molar-refractivity contribution is -0.324. The van der Waals surface area contributed by atoms with Gasteiger partial charge in [-0.1, -0.05) is 13.2 Å². The number of nitrogens with zero attached hydrogens (tertiary/aromatic N) is 2. The molecule has 0 aliphatic carbocycles. The van der Waals surface area contributed by atoms with Gasteiger partial charge < -0.3 is 9.47 Å². The normalized spacial score (nSPS) is 11.7. The molecule has 0 aromatic rings. The first-order chi connectivity index (χ1) is 11.2. The second-order valence-corrected chi connectivity index (χ2v) is 4.28. The molecular formula is C13H8F6N2O4. The molecule has 136 valence electrons. The minimum Gasteiger partial charge on any atom is -0.464 e. The van der Waals surface area contributed by atoms with E-state index in [9.17, 15) is 35.9 Å². The lowest BCUT2D eigenvalue weighted by atomic mass is 10.1. The van der Waals surface area contributed by atoms with Crippen LogP contribution in [0.25, 0.3) is 4.85 Å². The zero-order chi connectivity index (χ0) is 20.1. The first kappa shape index (κ1) is 22.0. The summed E-state index contributed by atoms with van der Waals surface area (Å²) in [5.74, 6) is -20.9. The van der Waals surface area contributed by atoms with E-state index in [1.807, 2.05) is 0 Å². The van der Waals surface area contributed by atoms with E-state index in [0.29, 0.717) is 0 Å². The molecule has 0 aliphatic rings. The maximum absolute atomic E-state index is 13.4. The minimum absolute atomic E-state index is 1.02. The number of ether oxygens (including phenoxy) is 2. The molecule has 0 fully saturated rings. The molecule has 6 nitrogen and oxygen atoms in total. The molecule has 0 aliphatic heterocycles. The van der Waals surface area contributed by atoms with Crippen molar-refractivity contribution < 1.29 is 45.4 Å². The highest BCUT2D eigenvalue weighted by molar-refractivity contribution is 5.91. The molecule has 25 heavy (non-hydrogen) atoms. The monoisotopic (exact) mass is 370 g/mol. The zero-order valence-corrected chi connectivity index (χ0v) is 12.1. The number of rotatable bonds is 8. The Balaban J connectivity index is 5.16. The molecule has 0 bridgehead atoms. The first-order valence-corrected chi connectivity index (χ1v) is 5.86. The van der Waals surface area contributed by atoms with Gasteiger partial charge in [0.1, 0.15) is 11.6 Å². The lowest BCUT2D eigenvalue weighted by Crippen LogP contribution is -2.58. The highest BCUT2D eigenvalue weighted by Gasteiger charge is 2.72. The van der Waals surface area contributed by atoms with Crippen molar-refractivity contribution in [3.63, 3.8) is 0 Å². The van der Waals surface area contributed by atoms with E-state index in [0.717, 1.165) is 6.07 Å². The van der Waals surface area contributed by atoms with Gasteiger partial charge in [-0.15, -0.1) is 0 Å². The maximum atomic E-state index is 13.4. The molecule has 0 spiro atoms. The Morgan fingerprint density at radius 1 is 1.00 bits per heavy atom. The van der Waals surface area contributed by atoms with Crippen LogP contribution in [-0.4, -0.2) is 42.9 Å². The molecule has 0 N–H and O–H groups in total.